The predicted octanol–water partition coefficient (Wildman–Crippen LogP) is 6.93. The first-order valence-electron chi connectivity index (χ1n) is 11.3. The number of anilines is 2. The Labute approximate surface area is 226 Å². The Kier molecular flexibility index (Phi) is 7.30. The number of carbonyl (C=O) groups is 2. The third-order valence-electron chi connectivity index (χ3n) is 5.45. The number of carboxylic acids is 1. The summed E-state index contributed by atoms with van der Waals surface area (Å²) < 4.78 is 5.68. The summed E-state index contributed by atoms with van der Waals surface area (Å²) in [6, 6.07) is 24.2. The summed E-state index contributed by atoms with van der Waals surface area (Å²) in [5.41, 5.74) is 6.02. The zero-order valence-electron chi connectivity index (χ0n) is 19.6. The van der Waals surface area contributed by atoms with E-state index in [1.54, 1.807) is 54.6 Å². The average molecular weight is 543 g/mol. The highest BCUT2D eigenvalue weighted by Crippen LogP contribution is 2.28. The number of carboxylic acid groups (broad SMARTS) is 1. The van der Waals surface area contributed by atoms with Crippen LogP contribution in [0.3, 0.4) is 0 Å². The third-order valence-corrected chi connectivity index (χ3v) is 6.46. The molecule has 0 spiro atoms. The van der Waals surface area contributed by atoms with Crippen molar-refractivity contribution in [3.8, 4) is 22.6 Å². The van der Waals surface area contributed by atoms with Crippen molar-refractivity contribution in [1.29, 1.82) is 0 Å². The Balaban J connectivity index is 1.19. The van der Waals surface area contributed by atoms with Crippen LogP contribution in [0.4, 0.5) is 10.8 Å². The molecule has 0 saturated heterocycles. The van der Waals surface area contributed by atoms with E-state index in [-0.39, 0.29) is 11.5 Å². The standard InChI is InChI=1S/C28H19ClN4O4S/c29-19-9-11-20(12-10-19)31-28-32-24(16-38-28)17-5-7-18(8-6-17)26(34)33-30-15-21-13-14-25(37-21)22-3-1-2-4-23(22)27(35)36/h1-16H,(H,31,32)(H,33,34)(H,35,36)/b30-15-. The third kappa shape index (κ3) is 5.80. The van der Waals surface area contributed by atoms with Gasteiger partial charge in [-0.25, -0.2) is 15.2 Å². The summed E-state index contributed by atoms with van der Waals surface area (Å²) in [5, 5.41) is 19.9. The lowest BCUT2D eigenvalue weighted by Gasteiger charge is -2.03. The molecule has 3 aromatic carbocycles. The molecule has 5 rings (SSSR count). The van der Waals surface area contributed by atoms with Gasteiger partial charge in [-0.15, -0.1) is 11.3 Å². The van der Waals surface area contributed by atoms with Crippen LogP contribution in [-0.2, 0) is 0 Å². The Hall–Kier alpha value is -4.73. The maximum atomic E-state index is 12.5. The number of amides is 1. The summed E-state index contributed by atoms with van der Waals surface area (Å²) >= 11 is 7.40. The number of rotatable bonds is 8. The number of hydrazone groups is 1. The monoisotopic (exact) mass is 542 g/mol. The SMILES string of the molecule is O=C(N/N=C\c1ccc(-c2ccccc2C(=O)O)o1)c1ccc(-c2csc(Nc3ccc(Cl)cc3)n2)cc1. The molecule has 0 bridgehead atoms. The van der Waals surface area contributed by atoms with Crippen LogP contribution >= 0.6 is 22.9 Å². The first kappa shape index (κ1) is 24.9. The van der Waals surface area contributed by atoms with E-state index in [1.165, 1.54) is 23.6 Å². The topological polar surface area (TPSA) is 117 Å². The number of carbonyl (C=O) groups excluding carboxylic acids is 1. The quantitative estimate of drug-likeness (QED) is 0.144. The molecule has 188 valence electrons. The smallest absolute Gasteiger partial charge is 0.336 e. The van der Waals surface area contributed by atoms with Crippen LogP contribution in [-0.4, -0.2) is 28.2 Å². The van der Waals surface area contributed by atoms with Gasteiger partial charge in [-0.2, -0.15) is 5.10 Å². The minimum atomic E-state index is -1.05. The van der Waals surface area contributed by atoms with Crippen molar-refractivity contribution in [2.75, 3.05) is 5.32 Å². The summed E-state index contributed by atoms with van der Waals surface area (Å²) in [6.45, 7) is 0. The van der Waals surface area contributed by atoms with Gasteiger partial charge in [0, 0.05) is 32.8 Å². The molecule has 0 aliphatic carbocycles. The Morgan fingerprint density at radius 2 is 1.74 bits per heavy atom. The van der Waals surface area contributed by atoms with Crippen molar-refractivity contribution < 1.29 is 19.1 Å². The molecule has 0 fully saturated rings. The van der Waals surface area contributed by atoms with Crippen molar-refractivity contribution in [1.82, 2.24) is 10.4 Å². The van der Waals surface area contributed by atoms with E-state index < -0.39 is 5.97 Å². The molecule has 0 unspecified atom stereocenters. The molecule has 0 atom stereocenters. The van der Waals surface area contributed by atoms with Gasteiger partial charge < -0.3 is 14.8 Å². The van der Waals surface area contributed by atoms with Crippen LogP contribution < -0.4 is 10.7 Å². The molecule has 3 N–H and O–H groups in total. The van der Waals surface area contributed by atoms with E-state index in [1.807, 2.05) is 29.6 Å². The average Bonchev–Trinajstić information content (AvgIpc) is 3.60. The molecular weight excluding hydrogens is 524 g/mol. The van der Waals surface area contributed by atoms with E-state index in [0.29, 0.717) is 27.7 Å². The molecule has 10 heteroatoms. The van der Waals surface area contributed by atoms with Gasteiger partial charge in [0.2, 0.25) is 0 Å². The summed E-state index contributed by atoms with van der Waals surface area (Å²) in [5.74, 6) is -0.684. The normalized spacial score (nSPS) is 11.0. The lowest BCUT2D eigenvalue weighted by atomic mass is 10.1. The van der Waals surface area contributed by atoms with Gasteiger partial charge in [0.1, 0.15) is 11.5 Å². The first-order chi connectivity index (χ1) is 18.5. The molecule has 2 aromatic heterocycles. The second kappa shape index (κ2) is 11.1. The molecule has 0 saturated carbocycles. The van der Waals surface area contributed by atoms with Crippen LogP contribution in [0.15, 0.2) is 99.8 Å². The number of benzene rings is 3. The maximum Gasteiger partial charge on any atom is 0.336 e. The minimum Gasteiger partial charge on any atom is -0.478 e. The van der Waals surface area contributed by atoms with E-state index in [4.69, 9.17) is 16.0 Å². The number of aromatic nitrogens is 1. The number of hydrogen-bond acceptors (Lipinski definition) is 7. The zero-order valence-corrected chi connectivity index (χ0v) is 21.2. The predicted molar refractivity (Wildman–Crippen MR) is 148 cm³/mol. The van der Waals surface area contributed by atoms with Gasteiger partial charge in [0.05, 0.1) is 17.5 Å². The van der Waals surface area contributed by atoms with Crippen LogP contribution in [0.1, 0.15) is 26.5 Å². The number of thiazole rings is 1. The van der Waals surface area contributed by atoms with E-state index >= 15 is 0 Å². The van der Waals surface area contributed by atoms with Crippen molar-refractivity contribution >= 4 is 51.8 Å². The second-order valence-electron chi connectivity index (χ2n) is 8.00. The number of halogens is 1. The number of nitrogens with one attached hydrogen (secondary N) is 2. The lowest BCUT2D eigenvalue weighted by Crippen LogP contribution is -2.17. The first-order valence-corrected chi connectivity index (χ1v) is 12.6. The van der Waals surface area contributed by atoms with Gasteiger partial charge in [0.15, 0.2) is 5.13 Å². The number of aromatic carboxylic acids is 1. The number of hydrogen-bond donors (Lipinski definition) is 3. The molecule has 0 aliphatic heterocycles. The molecule has 2 heterocycles. The fraction of sp³-hybridized carbons (Fsp3) is 0. The molecule has 38 heavy (non-hydrogen) atoms. The van der Waals surface area contributed by atoms with Crippen LogP contribution in [0.2, 0.25) is 5.02 Å². The Morgan fingerprint density at radius 3 is 2.50 bits per heavy atom. The van der Waals surface area contributed by atoms with Crippen molar-refractivity contribution in [2.24, 2.45) is 5.10 Å². The Morgan fingerprint density at radius 1 is 0.974 bits per heavy atom. The van der Waals surface area contributed by atoms with Gasteiger partial charge in [0.25, 0.3) is 5.91 Å². The van der Waals surface area contributed by atoms with Crippen LogP contribution in [0.25, 0.3) is 22.6 Å². The highest BCUT2D eigenvalue weighted by Gasteiger charge is 2.14. The minimum absolute atomic E-state index is 0.133. The van der Waals surface area contributed by atoms with Crippen molar-refractivity contribution in [2.45, 2.75) is 0 Å². The largest absolute Gasteiger partial charge is 0.478 e. The molecule has 8 nitrogen and oxygen atoms in total. The van der Waals surface area contributed by atoms with Crippen molar-refractivity contribution in [3.05, 3.63) is 112 Å². The highest BCUT2D eigenvalue weighted by molar-refractivity contribution is 7.14. The Bertz CT molecular complexity index is 1630. The van der Waals surface area contributed by atoms with Gasteiger partial charge in [-0.05, 0) is 54.6 Å². The highest BCUT2D eigenvalue weighted by atomic mass is 35.5. The van der Waals surface area contributed by atoms with Gasteiger partial charge in [-0.1, -0.05) is 41.9 Å². The molecule has 0 aliphatic rings. The molecular formula is C28H19ClN4O4S. The summed E-state index contributed by atoms with van der Waals surface area (Å²) in [4.78, 5) is 28.5. The van der Waals surface area contributed by atoms with Crippen molar-refractivity contribution in [3.63, 3.8) is 0 Å². The maximum absolute atomic E-state index is 12.5. The molecule has 1 amide bonds. The fourth-order valence-electron chi connectivity index (χ4n) is 3.58. The fourth-order valence-corrected chi connectivity index (χ4v) is 4.45. The number of nitrogens with zero attached hydrogens (tertiary/aromatic N) is 2. The summed E-state index contributed by atoms with van der Waals surface area (Å²) in [7, 11) is 0. The van der Waals surface area contributed by atoms with Crippen LogP contribution in [0.5, 0.6) is 0 Å². The summed E-state index contributed by atoms with van der Waals surface area (Å²) in [6.07, 6.45) is 1.35. The van der Waals surface area contributed by atoms with E-state index in [2.05, 4.69) is 20.8 Å². The number of furan rings is 1. The van der Waals surface area contributed by atoms with E-state index in [0.717, 1.165) is 22.1 Å². The zero-order chi connectivity index (χ0) is 26.5. The van der Waals surface area contributed by atoms with E-state index in [9.17, 15) is 14.7 Å². The molecule has 0 radical (unpaired) electrons. The molecule has 5 aromatic rings. The van der Waals surface area contributed by atoms with Gasteiger partial charge >= 0.3 is 5.97 Å². The van der Waals surface area contributed by atoms with Gasteiger partial charge in [-0.3, -0.25) is 4.79 Å². The lowest BCUT2D eigenvalue weighted by molar-refractivity contribution is 0.0697. The second-order valence-corrected chi connectivity index (χ2v) is 9.29. The van der Waals surface area contributed by atoms with Crippen LogP contribution in [0, 0.1) is 0 Å².